The van der Waals surface area contributed by atoms with Crippen molar-refractivity contribution in [3.8, 4) is 10.6 Å². The molecule has 0 aliphatic rings. The second-order valence-corrected chi connectivity index (χ2v) is 5.10. The van der Waals surface area contributed by atoms with Gasteiger partial charge in [0.2, 0.25) is 0 Å². The number of anilines is 1. The summed E-state index contributed by atoms with van der Waals surface area (Å²) < 4.78 is 0. The molecule has 0 bridgehead atoms. The first-order valence-electron chi connectivity index (χ1n) is 5.22. The maximum Gasteiger partial charge on any atom is 0.151 e. The molecule has 0 saturated carbocycles. The molecule has 0 saturated heterocycles. The van der Waals surface area contributed by atoms with E-state index in [1.807, 2.05) is 7.05 Å². The molecule has 2 rings (SSSR count). The van der Waals surface area contributed by atoms with E-state index in [9.17, 15) is 0 Å². The first-order valence-corrected chi connectivity index (χ1v) is 6.03. The number of hydrogen-bond acceptors (Lipinski definition) is 4. The average Bonchev–Trinajstić information content (AvgIpc) is 2.69. The van der Waals surface area contributed by atoms with E-state index >= 15 is 0 Å². The van der Waals surface area contributed by atoms with Gasteiger partial charge >= 0.3 is 0 Å². The van der Waals surface area contributed by atoms with Crippen LogP contribution in [0.25, 0.3) is 10.6 Å². The second-order valence-electron chi connectivity index (χ2n) is 3.81. The fourth-order valence-electron chi connectivity index (χ4n) is 1.64. The van der Waals surface area contributed by atoms with E-state index in [0.717, 1.165) is 11.5 Å². The Morgan fingerprint density at radius 2 is 1.81 bits per heavy atom. The molecule has 3 nitrogen and oxygen atoms in total. The van der Waals surface area contributed by atoms with E-state index in [4.69, 9.17) is 0 Å². The first kappa shape index (κ1) is 11.1. The molecule has 0 radical (unpaired) electrons. The maximum absolute atomic E-state index is 4.29. The van der Waals surface area contributed by atoms with Crippen LogP contribution < -0.4 is 5.32 Å². The van der Waals surface area contributed by atoms with Crippen LogP contribution in [0.2, 0.25) is 0 Å². The molecule has 0 spiro atoms. The molecule has 0 fully saturated rings. The summed E-state index contributed by atoms with van der Waals surface area (Å²) in [5.74, 6) is 0.856. The molecule has 84 valence electrons. The predicted octanol–water partition coefficient (Wildman–Crippen LogP) is 3.17. The molecule has 2 aromatic heterocycles. The highest BCUT2D eigenvalue weighted by Crippen LogP contribution is 2.30. The van der Waals surface area contributed by atoms with Crippen molar-refractivity contribution in [1.82, 2.24) is 10.2 Å². The van der Waals surface area contributed by atoms with Crippen LogP contribution in [0.1, 0.15) is 16.0 Å². The van der Waals surface area contributed by atoms with Gasteiger partial charge in [0, 0.05) is 11.9 Å². The number of rotatable bonds is 2. The van der Waals surface area contributed by atoms with Gasteiger partial charge in [-0.05, 0) is 44.0 Å². The predicted molar refractivity (Wildman–Crippen MR) is 69.1 cm³/mol. The lowest BCUT2D eigenvalue weighted by Crippen LogP contribution is -2.02. The third-order valence-corrected chi connectivity index (χ3v) is 3.74. The first-order chi connectivity index (χ1) is 7.63. The highest BCUT2D eigenvalue weighted by molar-refractivity contribution is 7.15. The normalized spacial score (nSPS) is 10.5. The van der Waals surface area contributed by atoms with Gasteiger partial charge in [-0.3, -0.25) is 0 Å². The average molecular weight is 233 g/mol. The molecule has 1 N–H and O–H groups in total. The summed E-state index contributed by atoms with van der Waals surface area (Å²) in [7, 11) is 1.87. The SMILES string of the molecule is CNc1nnc(-c2ccc(C)s2)c(C)c1C. The van der Waals surface area contributed by atoms with Crippen molar-refractivity contribution in [2.75, 3.05) is 12.4 Å². The van der Waals surface area contributed by atoms with E-state index in [1.165, 1.54) is 20.9 Å². The number of thiophene rings is 1. The van der Waals surface area contributed by atoms with Crippen LogP contribution in [0, 0.1) is 20.8 Å². The molecule has 0 amide bonds. The molecule has 0 atom stereocenters. The van der Waals surface area contributed by atoms with Gasteiger partial charge in [-0.2, -0.15) is 0 Å². The minimum atomic E-state index is 0.856. The standard InChI is InChI=1S/C12H15N3S/c1-7-5-6-10(16-7)11-8(2)9(3)12(13-4)15-14-11/h5-6H,1-4H3,(H,13,15). The summed E-state index contributed by atoms with van der Waals surface area (Å²) in [6.07, 6.45) is 0. The van der Waals surface area contributed by atoms with Crippen LogP contribution in [0.5, 0.6) is 0 Å². The zero-order chi connectivity index (χ0) is 11.7. The Bertz CT molecular complexity index is 517. The van der Waals surface area contributed by atoms with Gasteiger partial charge in [0.05, 0.1) is 4.88 Å². The molecule has 4 heteroatoms. The van der Waals surface area contributed by atoms with Crippen LogP contribution in [0.15, 0.2) is 12.1 Å². The van der Waals surface area contributed by atoms with E-state index < -0.39 is 0 Å². The highest BCUT2D eigenvalue weighted by atomic mass is 32.1. The monoisotopic (exact) mass is 233 g/mol. The van der Waals surface area contributed by atoms with Crippen LogP contribution in [0.4, 0.5) is 5.82 Å². The fraction of sp³-hybridized carbons (Fsp3) is 0.333. The molecular formula is C12H15N3S. The lowest BCUT2D eigenvalue weighted by Gasteiger charge is -2.09. The minimum Gasteiger partial charge on any atom is -0.371 e. The molecule has 2 heterocycles. The van der Waals surface area contributed by atoms with E-state index in [2.05, 4.69) is 48.4 Å². The zero-order valence-electron chi connectivity index (χ0n) is 9.96. The third-order valence-electron chi connectivity index (χ3n) is 2.73. The van der Waals surface area contributed by atoms with Crippen LogP contribution in [0.3, 0.4) is 0 Å². The fourth-order valence-corrected chi connectivity index (χ4v) is 2.55. The smallest absolute Gasteiger partial charge is 0.151 e. The number of aryl methyl sites for hydroxylation is 1. The Kier molecular flexibility index (Phi) is 2.92. The van der Waals surface area contributed by atoms with Gasteiger partial charge in [-0.1, -0.05) is 0 Å². The van der Waals surface area contributed by atoms with Crippen LogP contribution in [-0.2, 0) is 0 Å². The van der Waals surface area contributed by atoms with Crippen molar-refractivity contribution < 1.29 is 0 Å². The highest BCUT2D eigenvalue weighted by Gasteiger charge is 2.11. The summed E-state index contributed by atoms with van der Waals surface area (Å²) in [4.78, 5) is 2.49. The lowest BCUT2D eigenvalue weighted by atomic mass is 10.1. The van der Waals surface area contributed by atoms with Crippen molar-refractivity contribution in [1.29, 1.82) is 0 Å². The van der Waals surface area contributed by atoms with Gasteiger partial charge < -0.3 is 5.32 Å². The van der Waals surface area contributed by atoms with Gasteiger partial charge in [-0.15, -0.1) is 21.5 Å². The lowest BCUT2D eigenvalue weighted by molar-refractivity contribution is 1.01. The van der Waals surface area contributed by atoms with Crippen molar-refractivity contribution in [2.45, 2.75) is 20.8 Å². The number of hydrogen-bond donors (Lipinski definition) is 1. The largest absolute Gasteiger partial charge is 0.371 e. The Morgan fingerprint density at radius 1 is 1.06 bits per heavy atom. The Balaban J connectivity index is 2.55. The van der Waals surface area contributed by atoms with Crippen LogP contribution in [-0.4, -0.2) is 17.2 Å². The Morgan fingerprint density at radius 3 is 2.38 bits per heavy atom. The van der Waals surface area contributed by atoms with E-state index in [-0.39, 0.29) is 0 Å². The summed E-state index contributed by atoms with van der Waals surface area (Å²) in [6, 6.07) is 4.22. The number of nitrogens with zero attached hydrogens (tertiary/aromatic N) is 2. The van der Waals surface area contributed by atoms with Gasteiger partial charge in [0.15, 0.2) is 5.82 Å². The van der Waals surface area contributed by atoms with Crippen molar-refractivity contribution in [3.63, 3.8) is 0 Å². The van der Waals surface area contributed by atoms with Gasteiger partial charge in [0.1, 0.15) is 5.69 Å². The van der Waals surface area contributed by atoms with Crippen LogP contribution >= 0.6 is 11.3 Å². The van der Waals surface area contributed by atoms with Crippen molar-refractivity contribution in [2.24, 2.45) is 0 Å². The summed E-state index contributed by atoms with van der Waals surface area (Å²) in [5.41, 5.74) is 3.36. The maximum atomic E-state index is 4.29. The summed E-state index contributed by atoms with van der Waals surface area (Å²) >= 11 is 1.75. The molecule has 0 aromatic carbocycles. The number of aromatic nitrogens is 2. The molecule has 0 unspecified atom stereocenters. The van der Waals surface area contributed by atoms with Crippen molar-refractivity contribution in [3.05, 3.63) is 28.1 Å². The minimum absolute atomic E-state index is 0.856. The topological polar surface area (TPSA) is 37.8 Å². The second kappa shape index (κ2) is 4.22. The summed E-state index contributed by atoms with van der Waals surface area (Å²) in [6.45, 7) is 6.26. The number of nitrogens with one attached hydrogen (secondary N) is 1. The van der Waals surface area contributed by atoms with Gasteiger partial charge in [-0.25, -0.2) is 0 Å². The summed E-state index contributed by atoms with van der Waals surface area (Å²) in [5, 5.41) is 11.5. The molecule has 16 heavy (non-hydrogen) atoms. The van der Waals surface area contributed by atoms with E-state index in [1.54, 1.807) is 11.3 Å². The molecule has 0 aliphatic carbocycles. The Labute approximate surface area is 99.5 Å². The third kappa shape index (κ3) is 1.80. The van der Waals surface area contributed by atoms with Gasteiger partial charge in [0.25, 0.3) is 0 Å². The van der Waals surface area contributed by atoms with Crippen molar-refractivity contribution >= 4 is 17.2 Å². The quantitative estimate of drug-likeness (QED) is 0.865. The zero-order valence-corrected chi connectivity index (χ0v) is 10.8. The molecule has 2 aromatic rings. The van der Waals surface area contributed by atoms with E-state index in [0.29, 0.717) is 0 Å². The molecular weight excluding hydrogens is 218 g/mol. The Hall–Kier alpha value is -1.42. The molecule has 0 aliphatic heterocycles.